The van der Waals surface area contributed by atoms with Gasteiger partial charge in [-0.05, 0) is 17.7 Å². The van der Waals surface area contributed by atoms with Crippen LogP contribution in [0.4, 0.5) is 0 Å². The van der Waals surface area contributed by atoms with E-state index in [1.54, 1.807) is 13.2 Å². The number of ether oxygens (including phenoxy) is 3. The van der Waals surface area contributed by atoms with Gasteiger partial charge in [0.15, 0.2) is 0 Å². The van der Waals surface area contributed by atoms with Crippen molar-refractivity contribution in [2.75, 3.05) is 20.8 Å². The molecule has 0 bridgehead atoms. The van der Waals surface area contributed by atoms with Crippen LogP contribution in [0.5, 0.6) is 5.75 Å². The van der Waals surface area contributed by atoms with Crippen LogP contribution in [-0.2, 0) is 20.9 Å². The van der Waals surface area contributed by atoms with Crippen molar-refractivity contribution in [1.82, 2.24) is 0 Å². The normalized spacial score (nSPS) is 15.2. The summed E-state index contributed by atoms with van der Waals surface area (Å²) in [7, 11) is 2.95. The first-order valence-corrected chi connectivity index (χ1v) is 7.62. The Bertz CT molecular complexity index is 495. The number of hydrogen-bond acceptors (Lipinski definition) is 5. The van der Waals surface area contributed by atoms with E-state index >= 15 is 0 Å². The molecule has 128 valence electrons. The van der Waals surface area contributed by atoms with E-state index in [4.69, 9.17) is 9.47 Å². The molecule has 0 spiro atoms. The van der Waals surface area contributed by atoms with E-state index in [-0.39, 0.29) is 11.8 Å². The maximum Gasteiger partial charge on any atom is 0.330 e. The molecule has 0 fully saturated rings. The molecule has 0 aliphatic rings. The summed E-state index contributed by atoms with van der Waals surface area (Å²) >= 11 is 0. The van der Waals surface area contributed by atoms with E-state index < -0.39 is 12.1 Å². The number of carbonyl (C=O) groups is 1. The standard InChI is InChI=1S/C18H26O5/c1-13(5-10-17(19)22-4)18(20)14(2)11-23-12-15-6-8-16(21-3)9-7-15/h5-10,13-14,18,20H,11-12H2,1-4H3/b10-5+/t13-,14+,18-/m1/s1. The van der Waals surface area contributed by atoms with Crippen molar-refractivity contribution in [1.29, 1.82) is 0 Å². The Labute approximate surface area is 137 Å². The zero-order valence-electron chi connectivity index (χ0n) is 14.2. The van der Waals surface area contributed by atoms with Gasteiger partial charge in [-0.3, -0.25) is 0 Å². The summed E-state index contributed by atoms with van der Waals surface area (Å²) in [6.45, 7) is 4.68. The first kappa shape index (κ1) is 19.2. The number of benzene rings is 1. The second kappa shape index (κ2) is 10.0. The predicted molar refractivity (Wildman–Crippen MR) is 88.1 cm³/mol. The van der Waals surface area contributed by atoms with Gasteiger partial charge in [-0.2, -0.15) is 0 Å². The van der Waals surface area contributed by atoms with Crippen LogP contribution in [0.1, 0.15) is 19.4 Å². The third-order valence-corrected chi connectivity index (χ3v) is 3.67. The highest BCUT2D eigenvalue weighted by atomic mass is 16.5. The van der Waals surface area contributed by atoms with Gasteiger partial charge >= 0.3 is 5.97 Å². The van der Waals surface area contributed by atoms with Gasteiger partial charge in [0, 0.05) is 17.9 Å². The molecule has 23 heavy (non-hydrogen) atoms. The van der Waals surface area contributed by atoms with Crippen molar-refractivity contribution in [3.05, 3.63) is 42.0 Å². The molecule has 0 saturated carbocycles. The first-order valence-electron chi connectivity index (χ1n) is 7.62. The monoisotopic (exact) mass is 322 g/mol. The molecule has 1 N–H and O–H groups in total. The molecular weight excluding hydrogens is 296 g/mol. The van der Waals surface area contributed by atoms with Crippen molar-refractivity contribution in [3.8, 4) is 5.75 Å². The Morgan fingerprint density at radius 3 is 2.43 bits per heavy atom. The van der Waals surface area contributed by atoms with Crippen LogP contribution in [0.25, 0.3) is 0 Å². The van der Waals surface area contributed by atoms with Gasteiger partial charge in [0.25, 0.3) is 0 Å². The molecule has 1 aromatic carbocycles. The molecule has 0 amide bonds. The minimum Gasteiger partial charge on any atom is -0.497 e. The van der Waals surface area contributed by atoms with E-state index in [0.29, 0.717) is 13.2 Å². The zero-order chi connectivity index (χ0) is 17.2. The maximum atomic E-state index is 11.1. The van der Waals surface area contributed by atoms with Crippen LogP contribution in [0.3, 0.4) is 0 Å². The van der Waals surface area contributed by atoms with E-state index in [1.165, 1.54) is 13.2 Å². The molecule has 0 aliphatic heterocycles. The van der Waals surface area contributed by atoms with E-state index in [1.807, 2.05) is 38.1 Å². The lowest BCUT2D eigenvalue weighted by Gasteiger charge is -2.22. The van der Waals surface area contributed by atoms with Crippen molar-refractivity contribution < 1.29 is 24.1 Å². The highest BCUT2D eigenvalue weighted by molar-refractivity contribution is 5.81. The summed E-state index contributed by atoms with van der Waals surface area (Å²) < 4.78 is 15.3. The molecule has 0 unspecified atom stereocenters. The quantitative estimate of drug-likeness (QED) is 0.559. The molecule has 5 heteroatoms. The first-order chi connectivity index (χ1) is 11.0. The smallest absolute Gasteiger partial charge is 0.330 e. The van der Waals surface area contributed by atoms with Crippen molar-refractivity contribution in [2.45, 2.75) is 26.6 Å². The molecule has 0 aromatic heterocycles. The Morgan fingerprint density at radius 2 is 1.87 bits per heavy atom. The van der Waals surface area contributed by atoms with Crippen LogP contribution < -0.4 is 4.74 Å². The van der Waals surface area contributed by atoms with E-state index in [2.05, 4.69) is 4.74 Å². The summed E-state index contributed by atoms with van der Waals surface area (Å²) in [6, 6.07) is 7.66. The second-order valence-electron chi connectivity index (χ2n) is 5.57. The van der Waals surface area contributed by atoms with Gasteiger partial charge in [0.1, 0.15) is 5.75 Å². The Balaban J connectivity index is 2.38. The average molecular weight is 322 g/mol. The number of esters is 1. The molecule has 0 saturated heterocycles. The molecular formula is C18H26O5. The van der Waals surface area contributed by atoms with E-state index in [9.17, 15) is 9.90 Å². The fraction of sp³-hybridized carbons (Fsp3) is 0.500. The van der Waals surface area contributed by atoms with Gasteiger partial charge < -0.3 is 19.3 Å². The number of rotatable bonds is 9. The van der Waals surface area contributed by atoms with Crippen molar-refractivity contribution >= 4 is 5.97 Å². The molecule has 1 aromatic rings. The average Bonchev–Trinajstić information content (AvgIpc) is 2.58. The summed E-state index contributed by atoms with van der Waals surface area (Å²) in [5.74, 6) is 0.176. The lowest BCUT2D eigenvalue weighted by Crippen LogP contribution is -2.28. The Hall–Kier alpha value is -1.85. The SMILES string of the molecule is COC(=O)/C=C/[C@@H](C)[C@@H](O)[C@@H](C)COCc1ccc(OC)cc1. The van der Waals surface area contributed by atoms with Crippen LogP contribution >= 0.6 is 0 Å². The number of hydrogen-bond donors (Lipinski definition) is 1. The lowest BCUT2D eigenvalue weighted by molar-refractivity contribution is -0.134. The topological polar surface area (TPSA) is 65.0 Å². The minimum absolute atomic E-state index is 0.0504. The molecule has 0 heterocycles. The van der Waals surface area contributed by atoms with E-state index in [0.717, 1.165) is 11.3 Å². The lowest BCUT2D eigenvalue weighted by atomic mass is 9.93. The Morgan fingerprint density at radius 1 is 1.22 bits per heavy atom. The zero-order valence-corrected chi connectivity index (χ0v) is 14.2. The van der Waals surface area contributed by atoms with Gasteiger partial charge in [0.05, 0.1) is 33.5 Å². The van der Waals surface area contributed by atoms with Crippen LogP contribution in [0, 0.1) is 11.8 Å². The largest absolute Gasteiger partial charge is 0.497 e. The summed E-state index contributed by atoms with van der Waals surface area (Å²) in [4.78, 5) is 11.1. The number of carbonyl (C=O) groups excluding carboxylic acids is 1. The predicted octanol–water partition coefficient (Wildman–Crippen LogP) is 2.57. The van der Waals surface area contributed by atoms with Gasteiger partial charge in [-0.1, -0.05) is 32.1 Å². The third-order valence-electron chi connectivity index (χ3n) is 3.67. The van der Waals surface area contributed by atoms with Crippen LogP contribution in [-0.4, -0.2) is 38.0 Å². The van der Waals surface area contributed by atoms with Crippen LogP contribution in [0.15, 0.2) is 36.4 Å². The van der Waals surface area contributed by atoms with Crippen molar-refractivity contribution in [2.24, 2.45) is 11.8 Å². The van der Waals surface area contributed by atoms with Gasteiger partial charge in [0.2, 0.25) is 0 Å². The molecule has 5 nitrogen and oxygen atoms in total. The number of aliphatic hydroxyl groups excluding tert-OH is 1. The van der Waals surface area contributed by atoms with Crippen molar-refractivity contribution in [3.63, 3.8) is 0 Å². The minimum atomic E-state index is -0.591. The summed E-state index contributed by atoms with van der Waals surface area (Å²) in [6.07, 6.45) is 2.39. The highest BCUT2D eigenvalue weighted by Crippen LogP contribution is 2.16. The fourth-order valence-corrected chi connectivity index (χ4v) is 2.11. The van der Waals surface area contributed by atoms with Gasteiger partial charge in [-0.25, -0.2) is 4.79 Å². The summed E-state index contributed by atoms with van der Waals surface area (Å²) in [5.41, 5.74) is 1.05. The van der Waals surface area contributed by atoms with Gasteiger partial charge in [-0.15, -0.1) is 0 Å². The number of methoxy groups -OCH3 is 2. The summed E-state index contributed by atoms with van der Waals surface area (Å²) in [5, 5.41) is 10.2. The third kappa shape index (κ3) is 6.84. The molecule has 1 rings (SSSR count). The molecule has 0 aliphatic carbocycles. The Kier molecular flexibility index (Phi) is 8.37. The molecule has 3 atom stereocenters. The highest BCUT2D eigenvalue weighted by Gasteiger charge is 2.19. The number of aliphatic hydroxyl groups is 1. The fourth-order valence-electron chi connectivity index (χ4n) is 2.11. The van der Waals surface area contributed by atoms with Crippen LogP contribution in [0.2, 0.25) is 0 Å². The molecule has 0 radical (unpaired) electrons. The maximum absolute atomic E-state index is 11.1. The second-order valence-corrected chi connectivity index (χ2v) is 5.57.